The summed E-state index contributed by atoms with van der Waals surface area (Å²) in [5.74, 6) is 0.498. The van der Waals surface area contributed by atoms with Crippen LogP contribution in [0, 0.1) is 13.8 Å². The molecule has 0 fully saturated rings. The van der Waals surface area contributed by atoms with Crippen molar-refractivity contribution in [2.24, 2.45) is 0 Å². The molecule has 0 radical (unpaired) electrons. The Morgan fingerprint density at radius 3 is 2.37 bits per heavy atom. The van der Waals surface area contributed by atoms with E-state index in [-0.39, 0.29) is 5.56 Å². The average molecular weight is 507 g/mol. The smallest absolute Gasteiger partial charge is 0.296 e. The van der Waals surface area contributed by atoms with Crippen LogP contribution >= 0.6 is 0 Å². The Hall–Kier alpha value is -4.52. The second kappa shape index (κ2) is 10.8. The van der Waals surface area contributed by atoms with Crippen LogP contribution in [0.2, 0.25) is 0 Å². The van der Waals surface area contributed by atoms with Gasteiger partial charge < -0.3 is 0 Å². The predicted octanol–water partition coefficient (Wildman–Crippen LogP) is 5.79. The molecule has 0 spiro atoms. The summed E-state index contributed by atoms with van der Waals surface area (Å²) >= 11 is 0. The molecule has 5 rings (SSSR count). The molecule has 5 aromatic rings. The zero-order valence-corrected chi connectivity index (χ0v) is 21.8. The molecule has 1 N–H and O–H groups in total. The minimum absolute atomic E-state index is 0.0152. The van der Waals surface area contributed by atoms with Crippen molar-refractivity contribution >= 4 is 0 Å². The highest BCUT2D eigenvalue weighted by molar-refractivity contribution is 5.80. The minimum atomic E-state index is -0.591. The average Bonchev–Trinajstić information content (AvgIpc) is 3.36. The van der Waals surface area contributed by atoms with Gasteiger partial charge in [-0.3, -0.25) is 18.9 Å². The monoisotopic (exact) mass is 506 g/mol. The molecule has 0 aliphatic rings. The van der Waals surface area contributed by atoms with Gasteiger partial charge in [0.15, 0.2) is 5.82 Å². The van der Waals surface area contributed by atoms with Crippen LogP contribution < -0.4 is 11.3 Å². The zero-order chi connectivity index (χ0) is 26.6. The van der Waals surface area contributed by atoms with Gasteiger partial charge in [0, 0.05) is 17.5 Å². The number of benzene rings is 3. The Morgan fingerprint density at radius 2 is 1.68 bits per heavy atom. The van der Waals surface area contributed by atoms with Crippen molar-refractivity contribution in [1.82, 2.24) is 19.7 Å². The van der Waals surface area contributed by atoms with E-state index in [2.05, 4.69) is 17.1 Å². The molecule has 0 saturated heterocycles. The first-order valence-electron chi connectivity index (χ1n) is 12.9. The van der Waals surface area contributed by atoms with Gasteiger partial charge in [0.05, 0.1) is 11.4 Å². The van der Waals surface area contributed by atoms with Crippen molar-refractivity contribution in [3.8, 4) is 28.2 Å². The summed E-state index contributed by atoms with van der Waals surface area (Å²) < 4.78 is 6.43. The number of nitrogens with one attached hydrogen (secondary N) is 1. The molecule has 0 atom stereocenters. The first kappa shape index (κ1) is 25.1. The molecule has 0 bridgehead atoms. The lowest BCUT2D eigenvalue weighted by Gasteiger charge is -2.16. The number of nitrogens with zero attached hydrogens (tertiary/aromatic N) is 3. The summed E-state index contributed by atoms with van der Waals surface area (Å²) in [6.45, 7) is 6.07. The minimum Gasteiger partial charge on any atom is -0.296 e. The number of hydrogen-bond acceptors (Lipinski definition) is 5. The largest absolute Gasteiger partial charge is 0.439 e. The van der Waals surface area contributed by atoms with Crippen LogP contribution in [-0.4, -0.2) is 19.7 Å². The Morgan fingerprint density at radius 1 is 0.921 bits per heavy atom. The maximum absolute atomic E-state index is 13.9. The van der Waals surface area contributed by atoms with Gasteiger partial charge in [-0.15, -0.1) is 0 Å². The molecule has 38 heavy (non-hydrogen) atoms. The molecular formula is C31H30N4O3. The highest BCUT2D eigenvalue weighted by Gasteiger charge is 2.17. The van der Waals surface area contributed by atoms with E-state index in [0.29, 0.717) is 18.1 Å². The molecule has 192 valence electrons. The van der Waals surface area contributed by atoms with Crippen molar-refractivity contribution in [3.05, 3.63) is 122 Å². The van der Waals surface area contributed by atoms with Crippen molar-refractivity contribution in [2.45, 2.75) is 46.5 Å². The molecule has 2 aromatic heterocycles. The second-order valence-electron chi connectivity index (χ2n) is 9.53. The lowest BCUT2D eigenvalue weighted by Crippen LogP contribution is -2.28. The van der Waals surface area contributed by atoms with E-state index in [1.54, 1.807) is 4.57 Å². The third-order valence-corrected chi connectivity index (χ3v) is 6.73. The van der Waals surface area contributed by atoms with Gasteiger partial charge in [0.25, 0.3) is 5.56 Å². The normalized spacial score (nSPS) is 11.1. The number of aryl methyl sites for hydroxylation is 3. The Bertz CT molecular complexity index is 1690. The number of H-pyrrole nitrogens is 1. The Balaban J connectivity index is 1.52. The summed E-state index contributed by atoms with van der Waals surface area (Å²) in [4.78, 5) is 32.9. The third-order valence-electron chi connectivity index (χ3n) is 6.73. The predicted molar refractivity (Wildman–Crippen MR) is 149 cm³/mol. The van der Waals surface area contributed by atoms with Crippen molar-refractivity contribution in [1.29, 1.82) is 0 Å². The topological polar surface area (TPSA) is 93.8 Å². The second-order valence-corrected chi connectivity index (χ2v) is 9.53. The standard InChI is InChI=1S/C31H30N4O3/c1-4-5-13-28-27(30(36)35(21(3)32-28)24-10-8-9-20(2)18-24)19-22-14-16-23(17-15-22)25-11-6-7-12-26(25)29-33-31(37)38-34-29/h6-12,14-18H,4-5,13,19H2,1-3H3,(H,33,34,37). The van der Waals surface area contributed by atoms with E-state index in [1.165, 1.54) is 0 Å². The van der Waals surface area contributed by atoms with E-state index >= 15 is 0 Å². The van der Waals surface area contributed by atoms with Crippen LogP contribution in [0.4, 0.5) is 0 Å². The number of rotatable bonds is 8. The van der Waals surface area contributed by atoms with E-state index in [4.69, 9.17) is 9.51 Å². The van der Waals surface area contributed by atoms with Gasteiger partial charge in [0.1, 0.15) is 5.82 Å². The molecule has 3 aromatic carbocycles. The number of hydrogen-bond donors (Lipinski definition) is 1. The first-order chi connectivity index (χ1) is 18.4. The third kappa shape index (κ3) is 5.13. The summed E-state index contributed by atoms with van der Waals surface area (Å²) in [5.41, 5.74) is 7.22. The van der Waals surface area contributed by atoms with Crippen LogP contribution in [0.15, 0.2) is 86.9 Å². The maximum Gasteiger partial charge on any atom is 0.439 e. The lowest BCUT2D eigenvalue weighted by molar-refractivity contribution is 0.388. The summed E-state index contributed by atoms with van der Waals surface area (Å²) in [5, 5.41) is 3.85. The summed E-state index contributed by atoms with van der Waals surface area (Å²) in [7, 11) is 0. The van der Waals surface area contributed by atoms with Crippen LogP contribution in [0.3, 0.4) is 0 Å². The summed E-state index contributed by atoms with van der Waals surface area (Å²) in [6, 6.07) is 23.8. The van der Waals surface area contributed by atoms with Crippen molar-refractivity contribution < 1.29 is 4.52 Å². The maximum atomic E-state index is 13.9. The number of aromatic nitrogens is 4. The van der Waals surface area contributed by atoms with Gasteiger partial charge >= 0.3 is 5.76 Å². The molecular weight excluding hydrogens is 476 g/mol. The fourth-order valence-electron chi connectivity index (χ4n) is 4.81. The first-order valence-corrected chi connectivity index (χ1v) is 12.9. The van der Waals surface area contributed by atoms with Crippen LogP contribution in [0.5, 0.6) is 0 Å². The van der Waals surface area contributed by atoms with Gasteiger partial charge in [-0.25, -0.2) is 9.78 Å². The summed E-state index contributed by atoms with van der Waals surface area (Å²) in [6.07, 6.45) is 3.28. The van der Waals surface area contributed by atoms with E-state index in [1.807, 2.05) is 86.6 Å². The molecule has 0 saturated carbocycles. The van der Waals surface area contributed by atoms with Gasteiger partial charge in [0.2, 0.25) is 0 Å². The van der Waals surface area contributed by atoms with Gasteiger partial charge in [-0.05, 0) is 61.1 Å². The molecule has 0 amide bonds. The molecule has 7 heteroatoms. The van der Waals surface area contributed by atoms with E-state index < -0.39 is 5.76 Å². The highest BCUT2D eigenvalue weighted by atomic mass is 16.5. The fourth-order valence-corrected chi connectivity index (χ4v) is 4.81. The molecule has 7 nitrogen and oxygen atoms in total. The van der Waals surface area contributed by atoms with Gasteiger partial charge in [-0.2, -0.15) is 0 Å². The highest BCUT2D eigenvalue weighted by Crippen LogP contribution is 2.30. The lowest BCUT2D eigenvalue weighted by atomic mass is 9.96. The van der Waals surface area contributed by atoms with Crippen LogP contribution in [0.25, 0.3) is 28.2 Å². The van der Waals surface area contributed by atoms with Crippen LogP contribution in [-0.2, 0) is 12.8 Å². The molecule has 0 aliphatic heterocycles. The van der Waals surface area contributed by atoms with Crippen molar-refractivity contribution in [3.63, 3.8) is 0 Å². The molecule has 2 heterocycles. The quantitative estimate of drug-likeness (QED) is 0.287. The van der Waals surface area contributed by atoms with Gasteiger partial charge in [-0.1, -0.05) is 79.2 Å². The zero-order valence-electron chi connectivity index (χ0n) is 21.8. The molecule has 0 aliphatic carbocycles. The SMILES string of the molecule is CCCCc1nc(C)n(-c2cccc(C)c2)c(=O)c1Cc1ccc(-c2ccccc2-c2noc(=O)[nH]2)cc1. The van der Waals surface area contributed by atoms with Crippen molar-refractivity contribution in [2.75, 3.05) is 0 Å². The number of unbranched alkanes of at least 4 members (excludes halogenated alkanes) is 1. The number of aromatic amines is 1. The molecule has 0 unspecified atom stereocenters. The van der Waals surface area contributed by atoms with E-state index in [9.17, 15) is 9.59 Å². The Kier molecular flexibility index (Phi) is 7.18. The fraction of sp³-hybridized carbons (Fsp3) is 0.226. The van der Waals surface area contributed by atoms with E-state index in [0.717, 1.165) is 64.0 Å². The Labute approximate surface area is 220 Å². The van der Waals surface area contributed by atoms with Crippen LogP contribution in [0.1, 0.15) is 48.0 Å².